The SMILES string of the molecule is Cc1csc(NN=Cc2ccc(C(C)C)cc2)n1. The van der Waals surface area contributed by atoms with Gasteiger partial charge in [-0.15, -0.1) is 11.3 Å². The predicted octanol–water partition coefficient (Wildman–Crippen LogP) is 4.02. The molecule has 18 heavy (non-hydrogen) atoms. The van der Waals surface area contributed by atoms with Crippen LogP contribution in [0.2, 0.25) is 0 Å². The number of hydrogen-bond donors (Lipinski definition) is 1. The lowest BCUT2D eigenvalue weighted by atomic mass is 10.0. The highest BCUT2D eigenvalue weighted by Crippen LogP contribution is 2.15. The highest BCUT2D eigenvalue weighted by Gasteiger charge is 1.98. The van der Waals surface area contributed by atoms with Crippen molar-refractivity contribution in [3.63, 3.8) is 0 Å². The quantitative estimate of drug-likeness (QED) is 0.665. The summed E-state index contributed by atoms with van der Waals surface area (Å²) < 4.78 is 0. The van der Waals surface area contributed by atoms with Crippen molar-refractivity contribution in [1.29, 1.82) is 0 Å². The molecule has 3 nitrogen and oxygen atoms in total. The maximum Gasteiger partial charge on any atom is 0.203 e. The Balaban J connectivity index is 1.96. The molecule has 0 fully saturated rings. The molecule has 0 radical (unpaired) electrons. The number of hydrazone groups is 1. The van der Waals surface area contributed by atoms with Gasteiger partial charge in [0.15, 0.2) is 0 Å². The van der Waals surface area contributed by atoms with Crippen molar-refractivity contribution in [1.82, 2.24) is 4.98 Å². The number of nitrogens with one attached hydrogen (secondary N) is 1. The number of hydrogen-bond acceptors (Lipinski definition) is 4. The number of thiazole rings is 1. The highest BCUT2D eigenvalue weighted by molar-refractivity contribution is 7.13. The van der Waals surface area contributed by atoms with Gasteiger partial charge in [-0.25, -0.2) is 4.98 Å². The zero-order chi connectivity index (χ0) is 13.0. The number of nitrogens with zero attached hydrogens (tertiary/aromatic N) is 2. The van der Waals surface area contributed by atoms with Gasteiger partial charge in [0.25, 0.3) is 0 Å². The van der Waals surface area contributed by atoms with Gasteiger partial charge in [0.1, 0.15) is 0 Å². The molecule has 1 aromatic heterocycles. The van der Waals surface area contributed by atoms with Crippen LogP contribution in [0.25, 0.3) is 0 Å². The third-order valence-corrected chi connectivity index (χ3v) is 3.46. The van der Waals surface area contributed by atoms with E-state index in [9.17, 15) is 0 Å². The number of anilines is 1. The molecule has 1 heterocycles. The standard InChI is InChI=1S/C14H17N3S/c1-10(2)13-6-4-12(5-7-13)8-15-17-14-16-11(3)9-18-14/h4-10H,1-3H3,(H,16,17). The van der Waals surface area contributed by atoms with E-state index in [2.05, 4.69) is 53.6 Å². The Morgan fingerprint density at radius 1 is 1.28 bits per heavy atom. The molecule has 0 aliphatic heterocycles. The molecule has 4 heteroatoms. The van der Waals surface area contributed by atoms with Gasteiger partial charge in [0.2, 0.25) is 5.13 Å². The average molecular weight is 259 g/mol. The molecule has 94 valence electrons. The molecule has 1 N–H and O–H groups in total. The summed E-state index contributed by atoms with van der Waals surface area (Å²) in [5, 5.41) is 6.99. The lowest BCUT2D eigenvalue weighted by Gasteiger charge is -2.04. The molecule has 0 spiro atoms. The molecular weight excluding hydrogens is 242 g/mol. The monoisotopic (exact) mass is 259 g/mol. The first kappa shape index (κ1) is 12.8. The number of aryl methyl sites for hydroxylation is 1. The Morgan fingerprint density at radius 3 is 2.56 bits per heavy atom. The Kier molecular flexibility index (Phi) is 4.10. The van der Waals surface area contributed by atoms with Crippen LogP contribution in [0, 0.1) is 6.92 Å². The Bertz CT molecular complexity index is 526. The van der Waals surface area contributed by atoms with Crippen LogP contribution in [0.1, 0.15) is 36.6 Å². The minimum atomic E-state index is 0.562. The van der Waals surface area contributed by atoms with Crippen molar-refractivity contribution >= 4 is 22.7 Å². The van der Waals surface area contributed by atoms with Crippen molar-refractivity contribution in [2.45, 2.75) is 26.7 Å². The number of rotatable bonds is 4. The van der Waals surface area contributed by atoms with E-state index in [1.165, 1.54) is 5.56 Å². The van der Waals surface area contributed by atoms with Crippen LogP contribution in [0.15, 0.2) is 34.7 Å². The minimum Gasteiger partial charge on any atom is -0.253 e. The molecule has 0 unspecified atom stereocenters. The molecule has 1 aromatic carbocycles. The summed E-state index contributed by atoms with van der Waals surface area (Å²) in [6.07, 6.45) is 1.81. The normalized spacial score (nSPS) is 11.3. The summed E-state index contributed by atoms with van der Waals surface area (Å²) in [6, 6.07) is 8.43. The lowest BCUT2D eigenvalue weighted by molar-refractivity contribution is 0.866. The third kappa shape index (κ3) is 3.40. The van der Waals surface area contributed by atoms with Crippen molar-refractivity contribution < 1.29 is 0 Å². The van der Waals surface area contributed by atoms with Gasteiger partial charge in [0.05, 0.1) is 11.9 Å². The molecule has 0 bridgehead atoms. The molecule has 0 saturated heterocycles. The Morgan fingerprint density at radius 2 is 2.00 bits per heavy atom. The summed E-state index contributed by atoms with van der Waals surface area (Å²) in [4.78, 5) is 4.27. The topological polar surface area (TPSA) is 37.3 Å². The van der Waals surface area contributed by atoms with Crippen molar-refractivity contribution in [3.05, 3.63) is 46.5 Å². The third-order valence-electron chi connectivity index (χ3n) is 2.60. The Labute approximate surface area is 112 Å². The van der Waals surface area contributed by atoms with Crippen LogP contribution in [-0.4, -0.2) is 11.2 Å². The van der Waals surface area contributed by atoms with Crippen LogP contribution in [0.3, 0.4) is 0 Å². The van der Waals surface area contributed by atoms with E-state index < -0.39 is 0 Å². The summed E-state index contributed by atoms with van der Waals surface area (Å²) >= 11 is 1.56. The van der Waals surface area contributed by atoms with E-state index in [0.717, 1.165) is 16.4 Å². The first-order valence-corrected chi connectivity index (χ1v) is 6.84. The van der Waals surface area contributed by atoms with Crippen LogP contribution in [0.4, 0.5) is 5.13 Å². The second-order valence-electron chi connectivity index (χ2n) is 4.49. The molecule has 0 aliphatic rings. The van der Waals surface area contributed by atoms with Gasteiger partial charge in [-0.1, -0.05) is 38.1 Å². The fraction of sp³-hybridized carbons (Fsp3) is 0.286. The van der Waals surface area contributed by atoms with Crippen molar-refractivity contribution in [3.8, 4) is 0 Å². The van der Waals surface area contributed by atoms with Crippen LogP contribution in [0.5, 0.6) is 0 Å². The second-order valence-corrected chi connectivity index (χ2v) is 5.34. The maximum atomic E-state index is 4.27. The zero-order valence-electron chi connectivity index (χ0n) is 10.8. The summed E-state index contributed by atoms with van der Waals surface area (Å²) in [5.41, 5.74) is 6.37. The van der Waals surface area contributed by atoms with Gasteiger partial charge in [-0.3, -0.25) is 5.43 Å². The smallest absolute Gasteiger partial charge is 0.203 e. The van der Waals surface area contributed by atoms with Gasteiger partial charge in [0, 0.05) is 5.38 Å². The van der Waals surface area contributed by atoms with Gasteiger partial charge in [-0.2, -0.15) is 5.10 Å². The fourth-order valence-electron chi connectivity index (χ4n) is 1.53. The number of benzene rings is 1. The van der Waals surface area contributed by atoms with Crippen LogP contribution < -0.4 is 5.43 Å². The van der Waals surface area contributed by atoms with Crippen LogP contribution >= 0.6 is 11.3 Å². The molecule has 2 aromatic rings. The van der Waals surface area contributed by atoms with E-state index in [0.29, 0.717) is 5.92 Å². The minimum absolute atomic E-state index is 0.562. The summed E-state index contributed by atoms with van der Waals surface area (Å²) in [5.74, 6) is 0.562. The van der Waals surface area contributed by atoms with Gasteiger partial charge >= 0.3 is 0 Å². The molecule has 0 amide bonds. The molecular formula is C14H17N3S. The fourth-order valence-corrected chi connectivity index (χ4v) is 2.17. The predicted molar refractivity (Wildman–Crippen MR) is 78.6 cm³/mol. The van der Waals surface area contributed by atoms with Crippen molar-refractivity contribution in [2.75, 3.05) is 5.43 Å². The Hall–Kier alpha value is -1.68. The van der Waals surface area contributed by atoms with Gasteiger partial charge in [-0.05, 0) is 24.0 Å². The molecule has 0 saturated carbocycles. The second kappa shape index (κ2) is 5.78. The zero-order valence-corrected chi connectivity index (χ0v) is 11.7. The number of aromatic nitrogens is 1. The summed E-state index contributed by atoms with van der Waals surface area (Å²) in [7, 11) is 0. The van der Waals surface area contributed by atoms with Crippen molar-refractivity contribution in [2.24, 2.45) is 5.10 Å². The molecule has 2 rings (SSSR count). The van der Waals surface area contributed by atoms with E-state index in [-0.39, 0.29) is 0 Å². The van der Waals surface area contributed by atoms with E-state index in [1.807, 2.05) is 12.3 Å². The first-order chi connectivity index (χ1) is 8.65. The summed E-state index contributed by atoms with van der Waals surface area (Å²) in [6.45, 7) is 6.35. The van der Waals surface area contributed by atoms with E-state index >= 15 is 0 Å². The van der Waals surface area contributed by atoms with E-state index in [4.69, 9.17) is 0 Å². The molecule has 0 atom stereocenters. The van der Waals surface area contributed by atoms with Gasteiger partial charge < -0.3 is 0 Å². The lowest BCUT2D eigenvalue weighted by Crippen LogP contribution is -1.91. The first-order valence-electron chi connectivity index (χ1n) is 5.96. The molecule has 0 aliphatic carbocycles. The maximum absolute atomic E-state index is 4.27. The highest BCUT2D eigenvalue weighted by atomic mass is 32.1. The van der Waals surface area contributed by atoms with E-state index in [1.54, 1.807) is 17.6 Å². The average Bonchev–Trinajstić information content (AvgIpc) is 2.76. The van der Waals surface area contributed by atoms with Crippen LogP contribution in [-0.2, 0) is 0 Å². The largest absolute Gasteiger partial charge is 0.253 e.